The fourth-order valence-electron chi connectivity index (χ4n) is 3.29. The van der Waals surface area contributed by atoms with Gasteiger partial charge in [-0.05, 0) is 31.0 Å². The van der Waals surface area contributed by atoms with E-state index in [1.807, 2.05) is 20.6 Å². The zero-order valence-electron chi connectivity index (χ0n) is 21.8. The SMILES string of the molecule is C=Nc1cc(Cl)c2c(Nc3ccc(F)cc3OC3COCC3O)ncnc2c1.C=O.CC.CCCCC. The Morgan fingerprint density at radius 2 is 1.89 bits per heavy atom. The number of hydrogen-bond donors (Lipinski definition) is 2. The first-order valence-corrected chi connectivity index (χ1v) is 12.5. The third kappa shape index (κ3) is 9.35. The second-order valence-electron chi connectivity index (χ2n) is 7.58. The minimum Gasteiger partial charge on any atom is -0.483 e. The highest BCUT2D eigenvalue weighted by Crippen LogP contribution is 2.36. The Labute approximate surface area is 222 Å². The number of halogens is 2. The summed E-state index contributed by atoms with van der Waals surface area (Å²) in [6.45, 7) is 14.3. The zero-order valence-corrected chi connectivity index (χ0v) is 22.6. The fraction of sp³-hybridized carbons (Fsp3) is 0.407. The molecule has 0 aliphatic carbocycles. The number of fused-ring (bicyclic) bond motifs is 1. The van der Waals surface area contributed by atoms with Gasteiger partial charge < -0.3 is 24.7 Å². The number of carbonyl (C=O) groups is 1. The van der Waals surface area contributed by atoms with E-state index >= 15 is 0 Å². The Balaban J connectivity index is 0.000000671. The highest BCUT2D eigenvalue weighted by molar-refractivity contribution is 6.36. The molecule has 4 rings (SSSR count). The van der Waals surface area contributed by atoms with Gasteiger partial charge in [0.15, 0.2) is 6.10 Å². The van der Waals surface area contributed by atoms with Gasteiger partial charge in [0.2, 0.25) is 0 Å². The van der Waals surface area contributed by atoms with Crippen molar-refractivity contribution >= 4 is 53.2 Å². The number of unbranched alkanes of at least 4 members (excludes halogenated alkanes) is 2. The van der Waals surface area contributed by atoms with Gasteiger partial charge in [0.1, 0.15) is 36.6 Å². The Bertz CT molecular complexity index is 1120. The lowest BCUT2D eigenvalue weighted by molar-refractivity contribution is -0.0980. The van der Waals surface area contributed by atoms with Gasteiger partial charge in [-0.1, -0.05) is 58.6 Å². The number of anilines is 2. The molecule has 10 heteroatoms. The van der Waals surface area contributed by atoms with Gasteiger partial charge >= 0.3 is 0 Å². The van der Waals surface area contributed by atoms with Crippen LogP contribution >= 0.6 is 11.6 Å². The van der Waals surface area contributed by atoms with Crippen LogP contribution in [0.2, 0.25) is 5.02 Å². The van der Waals surface area contributed by atoms with Gasteiger partial charge in [-0.15, -0.1) is 0 Å². The number of carbonyl (C=O) groups excluding carboxylic acids is 1. The average molecular weight is 535 g/mol. The van der Waals surface area contributed by atoms with E-state index in [9.17, 15) is 9.50 Å². The lowest BCUT2D eigenvalue weighted by Gasteiger charge is -2.19. The first-order chi connectivity index (χ1) is 18.0. The van der Waals surface area contributed by atoms with Crippen molar-refractivity contribution < 1.29 is 23.8 Å². The van der Waals surface area contributed by atoms with Crippen LogP contribution in [0.1, 0.15) is 47.0 Å². The van der Waals surface area contributed by atoms with Crippen molar-refractivity contribution in [1.29, 1.82) is 0 Å². The summed E-state index contributed by atoms with van der Waals surface area (Å²) in [4.78, 5) is 20.3. The van der Waals surface area contributed by atoms with Gasteiger partial charge in [0, 0.05) is 6.07 Å². The molecular formula is C27H36ClFN4O4. The molecule has 0 saturated carbocycles. The number of hydrogen-bond acceptors (Lipinski definition) is 8. The molecule has 0 amide bonds. The predicted molar refractivity (Wildman–Crippen MR) is 148 cm³/mol. The summed E-state index contributed by atoms with van der Waals surface area (Å²) in [5.41, 5.74) is 1.63. The maximum Gasteiger partial charge on any atom is 0.150 e. The van der Waals surface area contributed by atoms with Gasteiger partial charge in [0.05, 0.1) is 40.5 Å². The Morgan fingerprint density at radius 1 is 1.19 bits per heavy atom. The zero-order chi connectivity index (χ0) is 27.8. The van der Waals surface area contributed by atoms with E-state index in [0.717, 1.165) is 0 Å². The summed E-state index contributed by atoms with van der Waals surface area (Å²) in [5, 5.41) is 14.0. The largest absolute Gasteiger partial charge is 0.483 e. The second-order valence-corrected chi connectivity index (χ2v) is 7.99. The molecule has 1 aliphatic heterocycles. The first-order valence-electron chi connectivity index (χ1n) is 12.2. The van der Waals surface area contributed by atoms with Crippen LogP contribution in [0.5, 0.6) is 5.75 Å². The highest BCUT2D eigenvalue weighted by Gasteiger charge is 2.29. The molecule has 1 aliphatic rings. The number of rotatable bonds is 7. The van der Waals surface area contributed by atoms with Crippen LogP contribution in [0.3, 0.4) is 0 Å². The van der Waals surface area contributed by atoms with Crippen LogP contribution < -0.4 is 10.1 Å². The van der Waals surface area contributed by atoms with Crippen molar-refractivity contribution in [2.24, 2.45) is 4.99 Å². The molecule has 0 bridgehead atoms. The summed E-state index contributed by atoms with van der Waals surface area (Å²) in [7, 11) is 0. The minimum atomic E-state index is -0.782. The molecule has 2 heterocycles. The van der Waals surface area contributed by atoms with Crippen LogP contribution in [-0.2, 0) is 9.53 Å². The van der Waals surface area contributed by atoms with E-state index in [1.54, 1.807) is 12.1 Å². The van der Waals surface area contributed by atoms with E-state index in [0.29, 0.717) is 33.1 Å². The topological polar surface area (TPSA) is 106 Å². The molecular weight excluding hydrogens is 499 g/mol. The van der Waals surface area contributed by atoms with Crippen molar-refractivity contribution in [3.63, 3.8) is 0 Å². The minimum absolute atomic E-state index is 0.175. The standard InChI is InChI=1S/C19H16ClFN4O3.C5H12.C2H6.CH2O/c1-22-11-5-12(20)18-14(6-11)23-9-24-19(18)25-13-3-2-10(21)4-16(13)28-17-8-27-7-15(17)26;1-3-5-4-2;2*1-2/h2-6,9,15,17,26H,1,7-8H2,(H,23,24,25);3-5H2,1-2H3;1-2H3;1H2. The van der Waals surface area contributed by atoms with Crippen LogP contribution in [0.25, 0.3) is 10.9 Å². The van der Waals surface area contributed by atoms with Crippen molar-refractivity contribution in [2.75, 3.05) is 18.5 Å². The van der Waals surface area contributed by atoms with E-state index in [2.05, 4.69) is 40.8 Å². The predicted octanol–water partition coefficient (Wildman–Crippen LogP) is 6.67. The van der Waals surface area contributed by atoms with E-state index in [4.69, 9.17) is 25.9 Å². The lowest BCUT2D eigenvalue weighted by atomic mass is 10.2. The average Bonchev–Trinajstić information content (AvgIpc) is 3.32. The van der Waals surface area contributed by atoms with Gasteiger partial charge in [0.25, 0.3) is 0 Å². The smallest absolute Gasteiger partial charge is 0.150 e. The molecule has 202 valence electrons. The van der Waals surface area contributed by atoms with E-state index < -0.39 is 18.0 Å². The Kier molecular flexibility index (Phi) is 14.9. The summed E-state index contributed by atoms with van der Waals surface area (Å²) in [6, 6.07) is 7.43. The molecule has 1 aromatic heterocycles. The van der Waals surface area contributed by atoms with Gasteiger partial charge in [-0.3, -0.25) is 4.99 Å². The summed E-state index contributed by atoms with van der Waals surface area (Å²) in [5.74, 6) is 0.174. The molecule has 3 aromatic rings. The van der Waals surface area contributed by atoms with Crippen LogP contribution in [0.15, 0.2) is 41.7 Å². The van der Waals surface area contributed by atoms with Crippen LogP contribution in [0.4, 0.5) is 21.6 Å². The summed E-state index contributed by atoms with van der Waals surface area (Å²) >= 11 is 6.39. The Hall–Kier alpha value is -3.14. The van der Waals surface area contributed by atoms with E-state index in [1.165, 1.54) is 43.8 Å². The van der Waals surface area contributed by atoms with Crippen molar-refractivity contribution in [3.8, 4) is 5.75 Å². The molecule has 0 radical (unpaired) electrons. The molecule has 2 aromatic carbocycles. The summed E-state index contributed by atoms with van der Waals surface area (Å²) < 4.78 is 24.8. The third-order valence-corrected chi connectivity index (χ3v) is 5.34. The fourth-order valence-corrected chi connectivity index (χ4v) is 3.59. The molecule has 8 nitrogen and oxygen atoms in total. The number of aliphatic hydroxyl groups excluding tert-OH is 1. The number of ether oxygens (including phenoxy) is 2. The molecule has 2 N–H and O–H groups in total. The molecule has 1 fully saturated rings. The maximum absolute atomic E-state index is 13.8. The second kappa shape index (κ2) is 17.3. The molecule has 2 unspecified atom stereocenters. The number of nitrogens with one attached hydrogen (secondary N) is 1. The summed E-state index contributed by atoms with van der Waals surface area (Å²) in [6.07, 6.45) is 4.09. The van der Waals surface area contributed by atoms with Crippen LogP contribution in [-0.4, -0.2) is 54.0 Å². The van der Waals surface area contributed by atoms with Gasteiger partial charge in [-0.2, -0.15) is 0 Å². The molecule has 37 heavy (non-hydrogen) atoms. The highest BCUT2D eigenvalue weighted by atomic mass is 35.5. The number of aliphatic hydroxyl groups is 1. The molecule has 2 atom stereocenters. The van der Waals surface area contributed by atoms with Crippen LogP contribution in [0, 0.1) is 5.82 Å². The number of benzene rings is 2. The number of aromatic nitrogens is 2. The van der Waals surface area contributed by atoms with Crippen molar-refractivity contribution in [2.45, 2.75) is 59.2 Å². The number of aliphatic imine (C=N–C) groups is 1. The molecule has 0 spiro atoms. The van der Waals surface area contributed by atoms with Crippen molar-refractivity contribution in [1.82, 2.24) is 9.97 Å². The van der Waals surface area contributed by atoms with Crippen molar-refractivity contribution in [3.05, 3.63) is 47.5 Å². The number of nitrogens with zero attached hydrogens (tertiary/aromatic N) is 3. The maximum atomic E-state index is 13.8. The lowest BCUT2D eigenvalue weighted by Crippen LogP contribution is -2.30. The Morgan fingerprint density at radius 3 is 2.46 bits per heavy atom. The normalized spacial score (nSPS) is 15.8. The quantitative estimate of drug-likeness (QED) is 0.326. The van der Waals surface area contributed by atoms with Gasteiger partial charge in [-0.25, -0.2) is 14.4 Å². The molecule has 1 saturated heterocycles. The van der Waals surface area contributed by atoms with E-state index in [-0.39, 0.29) is 19.0 Å². The third-order valence-electron chi connectivity index (χ3n) is 5.04. The monoisotopic (exact) mass is 534 g/mol. The first kappa shape index (κ1) is 31.9.